The number of hydrogen-bond acceptors (Lipinski definition) is 2. The van der Waals surface area contributed by atoms with Crippen molar-refractivity contribution in [1.82, 2.24) is 9.88 Å². The average molecular weight is 346 g/mol. The van der Waals surface area contributed by atoms with Crippen molar-refractivity contribution in [2.24, 2.45) is 0 Å². The molecular formula is C23H26N2O. The largest absolute Gasteiger partial charge is 0.508 e. The quantitative estimate of drug-likeness (QED) is 0.495. The molecular weight excluding hydrogens is 320 g/mol. The summed E-state index contributed by atoms with van der Waals surface area (Å²) in [6.07, 6.45) is 10.2. The van der Waals surface area contributed by atoms with Gasteiger partial charge >= 0.3 is 0 Å². The Bertz CT molecular complexity index is 882. The second kappa shape index (κ2) is 7.79. The second-order valence-electron chi connectivity index (χ2n) is 7.21. The van der Waals surface area contributed by atoms with E-state index in [2.05, 4.69) is 58.6 Å². The van der Waals surface area contributed by atoms with Gasteiger partial charge in [0.25, 0.3) is 0 Å². The fourth-order valence-corrected chi connectivity index (χ4v) is 3.91. The first-order chi connectivity index (χ1) is 12.8. The summed E-state index contributed by atoms with van der Waals surface area (Å²) in [5.41, 5.74) is 3.81. The van der Waals surface area contributed by atoms with Gasteiger partial charge in [0.15, 0.2) is 0 Å². The van der Waals surface area contributed by atoms with E-state index in [1.54, 1.807) is 6.07 Å². The van der Waals surface area contributed by atoms with Crippen LogP contribution in [-0.4, -0.2) is 34.6 Å². The summed E-state index contributed by atoms with van der Waals surface area (Å²) in [7, 11) is 0. The number of hydrogen-bond donors (Lipinski definition) is 2. The molecule has 4 rings (SSSR count). The maximum atomic E-state index is 9.71. The fraction of sp³-hybridized carbons (Fsp3) is 0.304. The van der Waals surface area contributed by atoms with Crippen molar-refractivity contribution in [3.8, 4) is 5.75 Å². The van der Waals surface area contributed by atoms with Crippen LogP contribution in [0.15, 0.2) is 66.9 Å². The number of benzene rings is 2. The van der Waals surface area contributed by atoms with E-state index in [4.69, 9.17) is 0 Å². The molecule has 0 saturated heterocycles. The molecule has 1 aliphatic heterocycles. The minimum atomic E-state index is 0.338. The van der Waals surface area contributed by atoms with Gasteiger partial charge in [0, 0.05) is 36.1 Å². The van der Waals surface area contributed by atoms with Crippen molar-refractivity contribution in [3.05, 3.63) is 78.0 Å². The molecule has 2 aromatic carbocycles. The number of nitrogens with zero attached hydrogens (tertiary/aromatic N) is 1. The Labute approximate surface area is 155 Å². The maximum Gasteiger partial charge on any atom is 0.116 e. The molecule has 134 valence electrons. The van der Waals surface area contributed by atoms with E-state index in [9.17, 15) is 5.11 Å². The standard InChI is InChI=1S/C23H26N2O/c26-21-11-12-23-22(15-21)19(16-24-23)9-4-5-13-25-14-6-10-20(17-25)18-7-2-1-3-8-18/h1-3,6-8,10-12,15-16,20,24,26H,4-5,9,13-14,17H2. The molecule has 1 atom stereocenters. The van der Waals surface area contributed by atoms with E-state index in [0.717, 1.165) is 37.0 Å². The lowest BCUT2D eigenvalue weighted by Gasteiger charge is -2.29. The number of H-pyrrole nitrogens is 1. The molecule has 0 bridgehead atoms. The number of aryl methyl sites for hydroxylation is 1. The molecule has 0 saturated carbocycles. The summed E-state index contributed by atoms with van der Waals surface area (Å²) in [5.74, 6) is 0.854. The third kappa shape index (κ3) is 3.83. The van der Waals surface area contributed by atoms with Crippen molar-refractivity contribution >= 4 is 10.9 Å². The molecule has 2 heterocycles. The Kier molecular flexibility index (Phi) is 5.07. The van der Waals surface area contributed by atoms with Gasteiger partial charge in [-0.25, -0.2) is 0 Å². The first-order valence-corrected chi connectivity index (χ1v) is 9.52. The highest BCUT2D eigenvalue weighted by Gasteiger charge is 2.16. The van der Waals surface area contributed by atoms with E-state index in [-0.39, 0.29) is 0 Å². The van der Waals surface area contributed by atoms with Gasteiger partial charge in [0.2, 0.25) is 0 Å². The molecule has 0 fully saturated rings. The highest BCUT2D eigenvalue weighted by atomic mass is 16.3. The molecule has 0 spiro atoms. The monoisotopic (exact) mass is 346 g/mol. The van der Waals surface area contributed by atoms with Crippen LogP contribution in [-0.2, 0) is 6.42 Å². The van der Waals surface area contributed by atoms with Gasteiger partial charge in [-0.15, -0.1) is 0 Å². The number of phenols is 1. The number of phenolic OH excluding ortho intramolecular Hbond substituents is 1. The molecule has 0 aliphatic carbocycles. The first-order valence-electron chi connectivity index (χ1n) is 9.52. The van der Waals surface area contributed by atoms with Gasteiger partial charge in [-0.3, -0.25) is 4.90 Å². The summed E-state index contributed by atoms with van der Waals surface area (Å²) < 4.78 is 0. The van der Waals surface area contributed by atoms with E-state index in [1.165, 1.54) is 24.0 Å². The molecule has 3 aromatic rings. The zero-order chi connectivity index (χ0) is 17.8. The summed E-state index contributed by atoms with van der Waals surface area (Å²) in [5, 5.41) is 10.9. The van der Waals surface area contributed by atoms with Crippen LogP contribution in [0.3, 0.4) is 0 Å². The van der Waals surface area contributed by atoms with Gasteiger partial charge in [-0.05, 0) is 55.1 Å². The molecule has 1 aliphatic rings. The van der Waals surface area contributed by atoms with Crippen molar-refractivity contribution in [1.29, 1.82) is 0 Å². The van der Waals surface area contributed by atoms with E-state index >= 15 is 0 Å². The smallest absolute Gasteiger partial charge is 0.116 e. The van der Waals surface area contributed by atoms with Crippen LogP contribution >= 0.6 is 0 Å². The highest BCUT2D eigenvalue weighted by molar-refractivity contribution is 5.84. The molecule has 2 N–H and O–H groups in total. The number of fused-ring (bicyclic) bond motifs is 1. The maximum absolute atomic E-state index is 9.71. The van der Waals surface area contributed by atoms with E-state index in [1.807, 2.05) is 12.1 Å². The fourth-order valence-electron chi connectivity index (χ4n) is 3.91. The van der Waals surface area contributed by atoms with Gasteiger partial charge in [-0.2, -0.15) is 0 Å². The van der Waals surface area contributed by atoms with Crippen molar-refractivity contribution in [2.75, 3.05) is 19.6 Å². The minimum Gasteiger partial charge on any atom is -0.508 e. The van der Waals surface area contributed by atoms with Crippen molar-refractivity contribution in [2.45, 2.75) is 25.2 Å². The van der Waals surface area contributed by atoms with E-state index in [0.29, 0.717) is 11.7 Å². The summed E-state index contributed by atoms with van der Waals surface area (Å²) in [6, 6.07) is 16.3. The van der Waals surface area contributed by atoms with Gasteiger partial charge in [0.05, 0.1) is 0 Å². The van der Waals surface area contributed by atoms with Crippen LogP contribution < -0.4 is 0 Å². The number of unbranched alkanes of at least 4 members (excludes halogenated alkanes) is 1. The van der Waals surface area contributed by atoms with Gasteiger partial charge < -0.3 is 10.1 Å². The summed E-state index contributed by atoms with van der Waals surface area (Å²) in [4.78, 5) is 5.85. The van der Waals surface area contributed by atoms with Crippen LogP contribution in [0.4, 0.5) is 0 Å². The van der Waals surface area contributed by atoms with Crippen LogP contribution in [0.2, 0.25) is 0 Å². The molecule has 0 radical (unpaired) electrons. The Morgan fingerprint density at radius 3 is 2.85 bits per heavy atom. The minimum absolute atomic E-state index is 0.338. The third-order valence-electron chi connectivity index (χ3n) is 5.34. The topological polar surface area (TPSA) is 39.3 Å². The van der Waals surface area contributed by atoms with Crippen LogP contribution in [0, 0.1) is 0 Å². The molecule has 0 amide bonds. The Morgan fingerprint density at radius 1 is 1.08 bits per heavy atom. The third-order valence-corrected chi connectivity index (χ3v) is 5.34. The molecule has 3 nitrogen and oxygen atoms in total. The zero-order valence-electron chi connectivity index (χ0n) is 15.1. The van der Waals surface area contributed by atoms with Gasteiger partial charge in [-0.1, -0.05) is 42.5 Å². The van der Waals surface area contributed by atoms with Crippen molar-refractivity contribution in [3.63, 3.8) is 0 Å². The van der Waals surface area contributed by atoms with Crippen LogP contribution in [0.25, 0.3) is 10.9 Å². The van der Waals surface area contributed by atoms with Gasteiger partial charge in [0.1, 0.15) is 5.75 Å². The summed E-state index contributed by atoms with van der Waals surface area (Å²) >= 11 is 0. The summed E-state index contributed by atoms with van der Waals surface area (Å²) in [6.45, 7) is 3.31. The predicted molar refractivity (Wildman–Crippen MR) is 108 cm³/mol. The number of aromatic amines is 1. The Morgan fingerprint density at radius 2 is 1.96 bits per heavy atom. The number of rotatable bonds is 6. The lowest BCUT2D eigenvalue weighted by molar-refractivity contribution is 0.278. The SMILES string of the molecule is Oc1ccc2[nH]cc(CCCCN3CC=CC(c4ccccc4)C3)c2c1. The zero-order valence-corrected chi connectivity index (χ0v) is 15.1. The molecule has 1 unspecified atom stereocenters. The molecule has 26 heavy (non-hydrogen) atoms. The predicted octanol–water partition coefficient (Wildman–Crippen LogP) is 4.85. The van der Waals surface area contributed by atoms with E-state index < -0.39 is 0 Å². The number of aromatic hydroxyl groups is 1. The molecule has 1 aromatic heterocycles. The molecule has 3 heteroatoms. The normalized spacial score (nSPS) is 17.8. The number of aromatic nitrogens is 1. The van der Waals surface area contributed by atoms with Crippen LogP contribution in [0.1, 0.15) is 29.9 Å². The van der Waals surface area contributed by atoms with Crippen LogP contribution in [0.5, 0.6) is 5.75 Å². The lowest BCUT2D eigenvalue weighted by Crippen LogP contribution is -2.32. The lowest BCUT2D eigenvalue weighted by atomic mass is 9.95. The Balaban J connectivity index is 1.28. The highest BCUT2D eigenvalue weighted by Crippen LogP contribution is 2.25. The average Bonchev–Trinajstić information content (AvgIpc) is 3.08. The second-order valence-corrected chi connectivity index (χ2v) is 7.21. The van der Waals surface area contributed by atoms with Crippen molar-refractivity contribution < 1.29 is 5.11 Å². The Hall–Kier alpha value is -2.52. The first kappa shape index (κ1) is 16.9. The number of nitrogens with one attached hydrogen (secondary N) is 1.